The summed E-state index contributed by atoms with van der Waals surface area (Å²) in [6, 6.07) is 13.1. The maximum absolute atomic E-state index is 13.8. The summed E-state index contributed by atoms with van der Waals surface area (Å²) in [5.74, 6) is 0.130. The zero-order valence-electron chi connectivity index (χ0n) is 21.3. The van der Waals surface area contributed by atoms with Gasteiger partial charge in [0.15, 0.2) is 5.78 Å². The third-order valence-electron chi connectivity index (χ3n) is 7.02. The molecule has 7 heteroatoms. The third-order valence-corrected chi connectivity index (χ3v) is 7.28. The number of allylic oxidation sites excluding steroid dienone is 3. The average Bonchev–Trinajstić information content (AvgIpc) is 2.87. The minimum absolute atomic E-state index is 0.00656. The molecule has 1 heterocycles. The molecule has 1 aliphatic heterocycles. The van der Waals surface area contributed by atoms with E-state index in [-0.39, 0.29) is 17.8 Å². The number of methoxy groups -OCH3 is 2. The predicted molar refractivity (Wildman–Crippen MR) is 139 cm³/mol. The molecule has 0 saturated carbocycles. The van der Waals surface area contributed by atoms with Crippen molar-refractivity contribution in [1.82, 2.24) is 5.32 Å². The van der Waals surface area contributed by atoms with Crippen LogP contribution in [0.2, 0.25) is 5.02 Å². The van der Waals surface area contributed by atoms with Crippen LogP contribution in [0.25, 0.3) is 0 Å². The highest BCUT2D eigenvalue weighted by Crippen LogP contribution is 2.48. The number of Topliss-reactive ketones (excluding diaryl/α,β-unsaturated/α-hetero) is 1. The molecule has 1 aliphatic carbocycles. The van der Waals surface area contributed by atoms with Crippen molar-refractivity contribution < 1.29 is 23.8 Å². The molecule has 2 aromatic rings. The molecule has 3 atom stereocenters. The normalized spacial score (nSPS) is 20.4. The molecule has 36 heavy (non-hydrogen) atoms. The third kappa shape index (κ3) is 5.00. The van der Waals surface area contributed by atoms with E-state index in [2.05, 4.69) is 5.32 Å². The zero-order valence-corrected chi connectivity index (χ0v) is 22.1. The highest BCUT2D eigenvalue weighted by Gasteiger charge is 2.42. The Hall–Kier alpha value is -3.25. The van der Waals surface area contributed by atoms with Gasteiger partial charge in [-0.1, -0.05) is 36.7 Å². The molecule has 0 fully saturated rings. The van der Waals surface area contributed by atoms with Gasteiger partial charge >= 0.3 is 5.97 Å². The molecule has 1 N–H and O–H groups in total. The Kier molecular flexibility index (Phi) is 7.74. The summed E-state index contributed by atoms with van der Waals surface area (Å²) in [4.78, 5) is 27.2. The van der Waals surface area contributed by atoms with Crippen molar-refractivity contribution in [3.63, 3.8) is 0 Å². The van der Waals surface area contributed by atoms with Gasteiger partial charge in [0.25, 0.3) is 0 Å². The summed E-state index contributed by atoms with van der Waals surface area (Å²) in [7, 11) is 3.15. The molecule has 2 aromatic carbocycles. The van der Waals surface area contributed by atoms with E-state index < -0.39 is 11.9 Å². The summed E-state index contributed by atoms with van der Waals surface area (Å²) in [6.45, 7) is 5.68. The first-order chi connectivity index (χ1) is 17.3. The second-order valence-electron chi connectivity index (χ2n) is 9.30. The van der Waals surface area contributed by atoms with E-state index in [1.165, 1.54) is 0 Å². The maximum Gasteiger partial charge on any atom is 0.337 e. The van der Waals surface area contributed by atoms with Crippen molar-refractivity contribution in [2.75, 3.05) is 14.2 Å². The fourth-order valence-electron chi connectivity index (χ4n) is 4.98. The van der Waals surface area contributed by atoms with Crippen molar-refractivity contribution in [2.24, 2.45) is 0 Å². The lowest BCUT2D eigenvalue weighted by Crippen LogP contribution is -2.36. The Labute approximate surface area is 217 Å². The van der Waals surface area contributed by atoms with Crippen molar-refractivity contribution >= 4 is 23.4 Å². The van der Waals surface area contributed by atoms with Crippen LogP contribution in [0.15, 0.2) is 65.0 Å². The molecular weight excluding hydrogens is 478 g/mol. The summed E-state index contributed by atoms with van der Waals surface area (Å²) >= 11 is 6.08. The lowest BCUT2D eigenvalue weighted by Gasteiger charge is -2.37. The second-order valence-corrected chi connectivity index (χ2v) is 9.74. The molecule has 0 spiro atoms. The van der Waals surface area contributed by atoms with Crippen molar-refractivity contribution in [2.45, 2.75) is 58.0 Å². The SMILES string of the molecule is CC[C@H](C)OC(=O)C1=C(C)NC2=C(C(=O)C[C@H](c3ccc(Cl)cc3)C2)[C@H]1c1ccc(OC)cc1OC. The van der Waals surface area contributed by atoms with Gasteiger partial charge in [-0.2, -0.15) is 0 Å². The number of hydrogen-bond acceptors (Lipinski definition) is 6. The number of dihydropyridines is 1. The molecular formula is C29H32ClNO5. The average molecular weight is 510 g/mol. The van der Waals surface area contributed by atoms with Gasteiger partial charge in [0.2, 0.25) is 0 Å². The van der Waals surface area contributed by atoms with Gasteiger partial charge in [-0.05, 0) is 56.4 Å². The Morgan fingerprint density at radius 2 is 1.83 bits per heavy atom. The van der Waals surface area contributed by atoms with E-state index in [0.29, 0.717) is 52.6 Å². The van der Waals surface area contributed by atoms with Crippen LogP contribution in [0.1, 0.15) is 63.0 Å². The van der Waals surface area contributed by atoms with E-state index in [9.17, 15) is 9.59 Å². The molecule has 6 nitrogen and oxygen atoms in total. The van der Waals surface area contributed by atoms with Gasteiger partial charge in [0.1, 0.15) is 11.5 Å². The Morgan fingerprint density at radius 3 is 2.47 bits per heavy atom. The first kappa shape index (κ1) is 25.8. The molecule has 0 bridgehead atoms. The number of rotatable bonds is 7. The standard InChI is InChI=1S/C29H32ClNO5/c1-6-16(2)36-29(33)26-17(3)31-23-13-19(18-7-9-20(30)10-8-18)14-24(32)28(23)27(26)22-12-11-21(34-4)15-25(22)35-5/h7-12,15-16,19,27,31H,6,13-14H2,1-5H3/t16-,19+,27-/m0/s1. The number of carbonyl (C=O) groups is 2. The topological polar surface area (TPSA) is 73.9 Å². The van der Waals surface area contributed by atoms with E-state index in [0.717, 1.165) is 16.8 Å². The Morgan fingerprint density at radius 1 is 1.11 bits per heavy atom. The second kappa shape index (κ2) is 10.8. The number of carbonyl (C=O) groups excluding carboxylic acids is 2. The minimum atomic E-state index is -0.614. The molecule has 190 valence electrons. The van der Waals surface area contributed by atoms with Crippen LogP contribution >= 0.6 is 11.6 Å². The van der Waals surface area contributed by atoms with Gasteiger partial charge in [0, 0.05) is 40.0 Å². The largest absolute Gasteiger partial charge is 0.497 e. The number of hydrogen-bond donors (Lipinski definition) is 1. The van der Waals surface area contributed by atoms with Gasteiger partial charge in [-0.15, -0.1) is 0 Å². The minimum Gasteiger partial charge on any atom is -0.497 e. The summed E-state index contributed by atoms with van der Waals surface area (Å²) < 4.78 is 16.8. The van der Waals surface area contributed by atoms with Gasteiger partial charge in [-0.3, -0.25) is 4.79 Å². The van der Waals surface area contributed by atoms with E-state index in [1.807, 2.05) is 57.2 Å². The molecule has 0 aromatic heterocycles. The van der Waals surface area contributed by atoms with Crippen LogP contribution in [0, 0.1) is 0 Å². The number of benzene rings is 2. The molecule has 0 radical (unpaired) electrons. The van der Waals surface area contributed by atoms with Crippen LogP contribution < -0.4 is 14.8 Å². The Balaban J connectivity index is 1.83. The van der Waals surface area contributed by atoms with Crippen LogP contribution in [0.4, 0.5) is 0 Å². The first-order valence-corrected chi connectivity index (χ1v) is 12.6. The van der Waals surface area contributed by atoms with Gasteiger partial charge in [-0.25, -0.2) is 4.79 Å². The number of ketones is 1. The van der Waals surface area contributed by atoms with Crippen molar-refractivity contribution in [3.05, 3.63) is 81.2 Å². The van der Waals surface area contributed by atoms with E-state index in [1.54, 1.807) is 20.3 Å². The van der Waals surface area contributed by atoms with Crippen molar-refractivity contribution in [1.29, 1.82) is 0 Å². The summed E-state index contributed by atoms with van der Waals surface area (Å²) in [5, 5.41) is 4.05. The van der Waals surface area contributed by atoms with Crippen LogP contribution in [0.5, 0.6) is 11.5 Å². The number of esters is 1. The molecule has 4 rings (SSSR count). The fraction of sp³-hybridized carbons (Fsp3) is 0.379. The smallest absolute Gasteiger partial charge is 0.337 e. The van der Waals surface area contributed by atoms with Crippen LogP contribution in [-0.4, -0.2) is 32.1 Å². The van der Waals surface area contributed by atoms with Gasteiger partial charge < -0.3 is 19.5 Å². The fourth-order valence-corrected chi connectivity index (χ4v) is 5.10. The molecule has 0 unspecified atom stereocenters. The zero-order chi connectivity index (χ0) is 26.0. The van der Waals surface area contributed by atoms with Crippen LogP contribution in [0.3, 0.4) is 0 Å². The lowest BCUT2D eigenvalue weighted by molar-refractivity contribution is -0.144. The monoisotopic (exact) mass is 509 g/mol. The lowest BCUT2D eigenvalue weighted by atomic mass is 9.71. The quantitative estimate of drug-likeness (QED) is 0.457. The molecule has 2 aliphatic rings. The number of halogens is 1. The highest BCUT2D eigenvalue weighted by atomic mass is 35.5. The maximum atomic E-state index is 13.8. The van der Waals surface area contributed by atoms with E-state index in [4.69, 9.17) is 25.8 Å². The molecule has 0 saturated heterocycles. The highest BCUT2D eigenvalue weighted by molar-refractivity contribution is 6.30. The Bertz CT molecular complexity index is 1230. The predicted octanol–water partition coefficient (Wildman–Crippen LogP) is 6.06. The van der Waals surface area contributed by atoms with Crippen molar-refractivity contribution in [3.8, 4) is 11.5 Å². The number of ether oxygens (including phenoxy) is 3. The number of nitrogens with one attached hydrogen (secondary N) is 1. The summed E-state index contributed by atoms with van der Waals surface area (Å²) in [5.41, 5.74) is 4.30. The molecule has 0 amide bonds. The van der Waals surface area contributed by atoms with E-state index >= 15 is 0 Å². The van der Waals surface area contributed by atoms with Crippen LogP contribution in [-0.2, 0) is 14.3 Å². The first-order valence-electron chi connectivity index (χ1n) is 12.2. The summed E-state index contributed by atoms with van der Waals surface area (Å²) in [6.07, 6.45) is 1.42. The van der Waals surface area contributed by atoms with Gasteiger partial charge in [0.05, 0.1) is 31.8 Å².